The van der Waals surface area contributed by atoms with Crippen LogP contribution in [-0.2, 0) is 0 Å². The Bertz CT molecular complexity index is 471. The van der Waals surface area contributed by atoms with Crippen molar-refractivity contribution in [1.29, 1.82) is 0 Å². The Morgan fingerprint density at radius 3 is 3.05 bits per heavy atom. The van der Waals surface area contributed by atoms with Gasteiger partial charge in [-0.1, -0.05) is 13.3 Å². The fourth-order valence-electron chi connectivity index (χ4n) is 2.85. The fraction of sp³-hybridized carbons (Fsp3) is 0.714. The number of nitrogens with one attached hydrogen (secondary N) is 2. The second kappa shape index (κ2) is 6.08. The quantitative estimate of drug-likeness (QED) is 0.877. The lowest BCUT2D eigenvalue weighted by molar-refractivity contribution is 0.248. The summed E-state index contributed by atoms with van der Waals surface area (Å²) in [5.74, 6) is 1.92. The highest BCUT2D eigenvalue weighted by Crippen LogP contribution is 2.36. The predicted octanol–water partition coefficient (Wildman–Crippen LogP) is 3.01. The second-order valence-electron chi connectivity index (χ2n) is 5.52. The predicted molar refractivity (Wildman–Crippen MR) is 82.2 cm³/mol. The van der Waals surface area contributed by atoms with Crippen LogP contribution in [0.5, 0.6) is 0 Å². The Labute approximate surface area is 123 Å². The van der Waals surface area contributed by atoms with Gasteiger partial charge < -0.3 is 5.32 Å². The van der Waals surface area contributed by atoms with Gasteiger partial charge in [-0.25, -0.2) is 9.48 Å². The van der Waals surface area contributed by atoms with E-state index in [1.54, 1.807) is 6.20 Å². The monoisotopic (exact) mass is 294 g/mol. The Morgan fingerprint density at radius 2 is 2.30 bits per heavy atom. The zero-order valence-electron chi connectivity index (χ0n) is 11.8. The first-order chi connectivity index (χ1) is 9.78. The van der Waals surface area contributed by atoms with Crippen LogP contribution in [0, 0.1) is 0 Å². The van der Waals surface area contributed by atoms with Crippen molar-refractivity contribution in [3.05, 3.63) is 12.3 Å². The van der Waals surface area contributed by atoms with Gasteiger partial charge in [0.15, 0.2) is 0 Å². The molecule has 2 amide bonds. The lowest BCUT2D eigenvalue weighted by Gasteiger charge is -2.20. The summed E-state index contributed by atoms with van der Waals surface area (Å²) in [7, 11) is 0. The van der Waals surface area contributed by atoms with Crippen molar-refractivity contribution >= 4 is 23.6 Å². The van der Waals surface area contributed by atoms with Gasteiger partial charge in [0.05, 0.1) is 12.2 Å². The zero-order valence-corrected chi connectivity index (χ0v) is 12.7. The number of hydrogen-bond acceptors (Lipinski definition) is 3. The molecule has 0 spiro atoms. The molecule has 2 N–H and O–H groups in total. The average Bonchev–Trinajstić information content (AvgIpc) is 3.02. The first kappa shape index (κ1) is 13.8. The van der Waals surface area contributed by atoms with Crippen LogP contribution in [0.25, 0.3) is 0 Å². The second-order valence-corrected chi connectivity index (χ2v) is 7.04. The highest BCUT2D eigenvalue weighted by molar-refractivity contribution is 7.99. The number of aromatic nitrogens is 2. The smallest absolute Gasteiger partial charge is 0.320 e. The van der Waals surface area contributed by atoms with Crippen LogP contribution in [0.4, 0.5) is 10.6 Å². The third-order valence-corrected chi connectivity index (χ3v) is 5.28. The van der Waals surface area contributed by atoms with E-state index < -0.39 is 0 Å². The van der Waals surface area contributed by atoms with Crippen LogP contribution < -0.4 is 10.6 Å². The van der Waals surface area contributed by atoms with Crippen molar-refractivity contribution in [2.75, 3.05) is 11.1 Å². The summed E-state index contributed by atoms with van der Waals surface area (Å²) in [4.78, 5) is 12.1. The maximum absolute atomic E-state index is 12.1. The minimum Gasteiger partial charge on any atom is -0.334 e. The third kappa shape index (κ3) is 3.11. The van der Waals surface area contributed by atoms with Crippen molar-refractivity contribution in [1.82, 2.24) is 15.1 Å². The fourth-order valence-corrected chi connectivity index (χ4v) is 4.05. The number of anilines is 1. The number of amides is 2. The number of urea groups is 1. The molecular weight excluding hydrogens is 272 g/mol. The molecule has 2 atom stereocenters. The normalized spacial score (nSPS) is 25.6. The number of nitrogens with zero attached hydrogens (tertiary/aromatic N) is 2. The Balaban J connectivity index is 1.55. The lowest BCUT2D eigenvalue weighted by atomic mass is 10.2. The van der Waals surface area contributed by atoms with Crippen molar-refractivity contribution in [2.45, 2.75) is 56.4 Å². The van der Waals surface area contributed by atoms with Crippen LogP contribution >= 0.6 is 11.8 Å². The molecule has 3 rings (SSSR count). The van der Waals surface area contributed by atoms with E-state index in [1.807, 2.05) is 22.5 Å². The summed E-state index contributed by atoms with van der Waals surface area (Å²) in [5.41, 5.74) is 0. The Morgan fingerprint density at radius 1 is 1.45 bits per heavy atom. The molecule has 0 aromatic carbocycles. The molecular formula is C14H22N4OS. The minimum absolute atomic E-state index is 0.0963. The summed E-state index contributed by atoms with van der Waals surface area (Å²) in [6.45, 7) is 2.17. The summed E-state index contributed by atoms with van der Waals surface area (Å²) < 4.78 is 1.92. The van der Waals surface area contributed by atoms with Gasteiger partial charge in [0, 0.05) is 17.4 Å². The van der Waals surface area contributed by atoms with Crippen molar-refractivity contribution in [3.63, 3.8) is 0 Å². The van der Waals surface area contributed by atoms with Gasteiger partial charge in [-0.2, -0.15) is 16.9 Å². The van der Waals surface area contributed by atoms with E-state index in [4.69, 9.17) is 0 Å². The molecule has 2 aliphatic rings. The van der Waals surface area contributed by atoms with Crippen LogP contribution in [0.1, 0.15) is 45.1 Å². The van der Waals surface area contributed by atoms with Crippen molar-refractivity contribution in [3.8, 4) is 0 Å². The van der Waals surface area contributed by atoms with Crippen LogP contribution in [0.15, 0.2) is 12.3 Å². The van der Waals surface area contributed by atoms with Crippen LogP contribution in [-0.4, -0.2) is 32.9 Å². The van der Waals surface area contributed by atoms with Gasteiger partial charge in [-0.3, -0.25) is 5.32 Å². The van der Waals surface area contributed by atoms with Crippen LogP contribution in [0.3, 0.4) is 0 Å². The molecule has 0 bridgehead atoms. The summed E-state index contributed by atoms with van der Waals surface area (Å²) in [6, 6.07) is 2.55. The van der Waals surface area contributed by atoms with Gasteiger partial charge in [-0.05, 0) is 31.4 Å². The molecule has 1 aromatic heterocycles. The standard InChI is InChI=1S/C14H22N4OS/c1-2-20-12-5-3-4-11(12)16-14(19)17-13-8-9-15-18(13)10-6-7-10/h8-12H,2-7H2,1H3,(H2,16,17,19). The van der Waals surface area contributed by atoms with E-state index in [9.17, 15) is 4.79 Å². The molecule has 1 heterocycles. The molecule has 0 radical (unpaired) electrons. The number of carbonyl (C=O) groups excluding carboxylic acids is 1. The third-order valence-electron chi connectivity index (χ3n) is 3.95. The van der Waals surface area contributed by atoms with Gasteiger partial charge in [-0.15, -0.1) is 0 Å². The summed E-state index contributed by atoms with van der Waals surface area (Å²) >= 11 is 1.95. The number of rotatable bonds is 5. The molecule has 5 nitrogen and oxygen atoms in total. The molecule has 2 saturated carbocycles. The number of thioether (sulfide) groups is 1. The molecule has 1 aromatic rings. The summed E-state index contributed by atoms with van der Waals surface area (Å²) in [5, 5.41) is 10.9. The van der Waals surface area contributed by atoms with E-state index in [-0.39, 0.29) is 6.03 Å². The highest BCUT2D eigenvalue weighted by Gasteiger charge is 2.29. The van der Waals surface area contributed by atoms with E-state index >= 15 is 0 Å². The molecule has 20 heavy (non-hydrogen) atoms. The first-order valence-electron chi connectivity index (χ1n) is 7.50. The lowest BCUT2D eigenvalue weighted by Crippen LogP contribution is -2.41. The molecule has 2 unspecified atom stereocenters. The topological polar surface area (TPSA) is 59.0 Å². The SMILES string of the molecule is CCSC1CCCC1NC(=O)Nc1ccnn1C1CC1. The van der Waals surface area contributed by atoms with E-state index in [2.05, 4.69) is 22.7 Å². The van der Waals surface area contributed by atoms with E-state index in [0.29, 0.717) is 17.3 Å². The largest absolute Gasteiger partial charge is 0.334 e. The zero-order chi connectivity index (χ0) is 13.9. The maximum atomic E-state index is 12.1. The van der Waals surface area contributed by atoms with Crippen LogP contribution in [0.2, 0.25) is 0 Å². The Kier molecular flexibility index (Phi) is 4.19. The molecule has 0 saturated heterocycles. The van der Waals surface area contributed by atoms with Crippen molar-refractivity contribution < 1.29 is 4.79 Å². The van der Waals surface area contributed by atoms with Gasteiger partial charge in [0.1, 0.15) is 5.82 Å². The molecule has 2 fully saturated rings. The van der Waals surface area contributed by atoms with Gasteiger partial charge in [0.25, 0.3) is 0 Å². The average molecular weight is 294 g/mol. The van der Waals surface area contributed by atoms with Gasteiger partial charge in [0.2, 0.25) is 0 Å². The molecule has 6 heteroatoms. The molecule has 110 valence electrons. The first-order valence-corrected chi connectivity index (χ1v) is 8.55. The number of carbonyl (C=O) groups is 1. The van der Waals surface area contributed by atoms with E-state index in [0.717, 1.165) is 30.8 Å². The molecule has 2 aliphatic carbocycles. The van der Waals surface area contributed by atoms with Gasteiger partial charge >= 0.3 is 6.03 Å². The minimum atomic E-state index is -0.0963. The maximum Gasteiger partial charge on any atom is 0.320 e. The Hall–Kier alpha value is -1.17. The van der Waals surface area contributed by atoms with E-state index in [1.165, 1.54) is 12.8 Å². The number of hydrogen-bond donors (Lipinski definition) is 2. The van der Waals surface area contributed by atoms with Crippen molar-refractivity contribution in [2.24, 2.45) is 0 Å². The highest BCUT2D eigenvalue weighted by atomic mass is 32.2. The summed E-state index contributed by atoms with van der Waals surface area (Å²) in [6.07, 6.45) is 7.59. The molecule has 0 aliphatic heterocycles.